The van der Waals surface area contributed by atoms with Gasteiger partial charge < -0.3 is 9.47 Å². The Hall–Kier alpha value is -4.84. The number of nitro groups is 1. The fraction of sp³-hybridized carbons (Fsp3) is 0.103. The third-order valence-corrected chi connectivity index (χ3v) is 7.01. The summed E-state index contributed by atoms with van der Waals surface area (Å²) in [5.41, 5.74) is -1.77. The third kappa shape index (κ3) is 6.02. The quantitative estimate of drug-likeness (QED) is 0.120. The average Bonchev–Trinajstić information content (AvgIpc) is 3.21. The van der Waals surface area contributed by atoms with Crippen LogP contribution in [-0.2, 0) is 11.0 Å². The van der Waals surface area contributed by atoms with Crippen molar-refractivity contribution in [1.82, 2.24) is 4.90 Å². The number of thioether (sulfide) groups is 1. The summed E-state index contributed by atoms with van der Waals surface area (Å²) in [4.78, 5) is 37.3. The van der Waals surface area contributed by atoms with Crippen molar-refractivity contribution >= 4 is 45.4 Å². The minimum atomic E-state index is -4.77. The number of carbonyl (C=O) groups excluding carboxylic acids is 2. The van der Waals surface area contributed by atoms with Crippen LogP contribution in [0.5, 0.6) is 17.2 Å². The molecule has 0 aromatic heterocycles. The number of halogens is 3. The van der Waals surface area contributed by atoms with Crippen LogP contribution in [0.3, 0.4) is 0 Å². The van der Waals surface area contributed by atoms with Gasteiger partial charge >= 0.3 is 11.9 Å². The Morgan fingerprint density at radius 2 is 1.61 bits per heavy atom. The molecule has 1 aliphatic heterocycles. The van der Waals surface area contributed by atoms with Gasteiger partial charge in [-0.3, -0.25) is 24.6 Å². The molecular formula is C29H19F3N2O6S. The maximum Gasteiger partial charge on any atom is 0.416 e. The molecule has 0 atom stereocenters. The van der Waals surface area contributed by atoms with Gasteiger partial charge in [0.25, 0.3) is 11.1 Å². The van der Waals surface area contributed by atoms with Crippen LogP contribution in [0.1, 0.15) is 11.1 Å². The number of para-hydroxylation sites is 1. The molecule has 5 rings (SSSR count). The van der Waals surface area contributed by atoms with Gasteiger partial charge in [0.15, 0.2) is 0 Å². The normalized spacial score (nSPS) is 14.6. The van der Waals surface area contributed by atoms with E-state index < -0.39 is 39.2 Å². The molecule has 1 aliphatic rings. The Labute approximate surface area is 235 Å². The SMILES string of the molecule is O=C1S/C(=C\c2ccccc2Oc2ccc(C(F)(F)F)cc2[N+](=O)[O-])C(=O)N1CCOc1cccc2ccccc12. The molecule has 1 saturated heterocycles. The van der Waals surface area contributed by atoms with Crippen LogP contribution in [0.15, 0.2) is 89.8 Å². The maximum absolute atomic E-state index is 13.1. The molecular weight excluding hydrogens is 561 g/mol. The van der Waals surface area contributed by atoms with Gasteiger partial charge in [0, 0.05) is 17.0 Å². The van der Waals surface area contributed by atoms with E-state index in [1.807, 2.05) is 36.4 Å². The summed E-state index contributed by atoms with van der Waals surface area (Å²) in [5.74, 6) is -0.310. The van der Waals surface area contributed by atoms with Crippen molar-refractivity contribution < 1.29 is 37.2 Å². The van der Waals surface area contributed by atoms with Crippen LogP contribution in [-0.4, -0.2) is 34.1 Å². The van der Waals surface area contributed by atoms with Gasteiger partial charge in [0.2, 0.25) is 5.75 Å². The summed E-state index contributed by atoms with van der Waals surface area (Å²) in [6.07, 6.45) is -3.38. The van der Waals surface area contributed by atoms with E-state index in [2.05, 4.69) is 0 Å². The number of imide groups is 1. The lowest BCUT2D eigenvalue weighted by Gasteiger charge is -2.14. The number of nitro benzene ring substituents is 1. The zero-order valence-electron chi connectivity index (χ0n) is 21.0. The number of alkyl halides is 3. The zero-order chi connectivity index (χ0) is 29.1. The van der Waals surface area contributed by atoms with Gasteiger partial charge in [-0.1, -0.05) is 54.6 Å². The van der Waals surface area contributed by atoms with E-state index in [4.69, 9.17) is 9.47 Å². The summed E-state index contributed by atoms with van der Waals surface area (Å²) >= 11 is 0.707. The Morgan fingerprint density at radius 1 is 0.902 bits per heavy atom. The van der Waals surface area contributed by atoms with Crippen LogP contribution in [0.25, 0.3) is 16.8 Å². The first-order chi connectivity index (χ1) is 19.6. The molecule has 0 unspecified atom stereocenters. The number of hydrogen-bond acceptors (Lipinski definition) is 7. The van der Waals surface area contributed by atoms with E-state index in [1.54, 1.807) is 24.3 Å². The third-order valence-electron chi connectivity index (χ3n) is 6.10. The fourth-order valence-corrected chi connectivity index (χ4v) is 4.99. The maximum atomic E-state index is 13.1. The predicted molar refractivity (Wildman–Crippen MR) is 147 cm³/mol. The van der Waals surface area contributed by atoms with E-state index in [0.717, 1.165) is 21.7 Å². The van der Waals surface area contributed by atoms with Crippen molar-refractivity contribution in [3.05, 3.63) is 111 Å². The monoisotopic (exact) mass is 580 g/mol. The molecule has 41 heavy (non-hydrogen) atoms. The summed E-state index contributed by atoms with van der Waals surface area (Å²) in [7, 11) is 0. The first-order valence-electron chi connectivity index (χ1n) is 12.1. The first-order valence-corrected chi connectivity index (χ1v) is 12.9. The topological polar surface area (TPSA) is 99.0 Å². The number of benzene rings is 4. The summed E-state index contributed by atoms with van der Waals surface area (Å²) in [6, 6.07) is 21.3. The standard InChI is InChI=1S/C29H19F3N2O6S/c30-29(31,32)20-12-13-25(22(17-20)34(37)38)40-23-10-4-2-7-19(23)16-26-27(35)33(28(36)41-26)14-15-39-24-11-5-8-18-6-1-3-9-21(18)24/h1-13,16-17H,14-15H2/b26-16-. The number of fused-ring (bicyclic) bond motifs is 1. The van der Waals surface area contributed by atoms with Crippen molar-refractivity contribution in [2.24, 2.45) is 0 Å². The van der Waals surface area contributed by atoms with Gasteiger partial charge in [-0.05, 0) is 47.5 Å². The average molecular weight is 581 g/mol. The van der Waals surface area contributed by atoms with Gasteiger partial charge in [-0.2, -0.15) is 13.2 Å². The Balaban J connectivity index is 1.32. The van der Waals surface area contributed by atoms with E-state index in [1.165, 1.54) is 12.1 Å². The largest absolute Gasteiger partial charge is 0.491 e. The highest BCUT2D eigenvalue weighted by Gasteiger charge is 2.36. The molecule has 2 amide bonds. The molecule has 0 radical (unpaired) electrons. The second-order valence-corrected chi connectivity index (χ2v) is 9.73. The molecule has 1 fully saturated rings. The minimum absolute atomic E-state index is 0.00111. The minimum Gasteiger partial charge on any atom is -0.491 e. The number of hydrogen-bond donors (Lipinski definition) is 0. The van der Waals surface area contributed by atoms with E-state index in [0.29, 0.717) is 35.2 Å². The second kappa shape index (κ2) is 11.3. The molecule has 0 aliphatic carbocycles. The van der Waals surface area contributed by atoms with Crippen LogP contribution >= 0.6 is 11.8 Å². The molecule has 1 heterocycles. The smallest absolute Gasteiger partial charge is 0.416 e. The highest BCUT2D eigenvalue weighted by Crippen LogP contribution is 2.40. The molecule has 0 spiro atoms. The van der Waals surface area contributed by atoms with Crippen molar-refractivity contribution in [1.29, 1.82) is 0 Å². The highest BCUT2D eigenvalue weighted by molar-refractivity contribution is 8.18. The van der Waals surface area contributed by atoms with Crippen LogP contribution in [0, 0.1) is 10.1 Å². The van der Waals surface area contributed by atoms with Gasteiger partial charge in [-0.15, -0.1) is 0 Å². The molecule has 0 N–H and O–H groups in total. The molecule has 4 aromatic rings. The molecule has 0 saturated carbocycles. The zero-order valence-corrected chi connectivity index (χ0v) is 21.8. The van der Waals surface area contributed by atoms with Crippen molar-refractivity contribution in [2.45, 2.75) is 6.18 Å². The molecule has 0 bridgehead atoms. The van der Waals surface area contributed by atoms with Crippen LogP contribution < -0.4 is 9.47 Å². The second-order valence-electron chi connectivity index (χ2n) is 8.74. The predicted octanol–water partition coefficient (Wildman–Crippen LogP) is 7.67. The number of nitrogens with zero attached hydrogens (tertiary/aromatic N) is 2. The van der Waals surface area contributed by atoms with E-state index in [9.17, 15) is 32.9 Å². The van der Waals surface area contributed by atoms with Gasteiger partial charge in [-0.25, -0.2) is 0 Å². The summed E-state index contributed by atoms with van der Waals surface area (Å²) in [5, 5.41) is 12.8. The number of carbonyl (C=O) groups is 2. The van der Waals surface area contributed by atoms with E-state index >= 15 is 0 Å². The molecule has 4 aromatic carbocycles. The Bertz CT molecular complexity index is 1700. The lowest BCUT2D eigenvalue weighted by atomic mass is 10.1. The fourth-order valence-electron chi connectivity index (χ4n) is 4.14. The summed E-state index contributed by atoms with van der Waals surface area (Å²) < 4.78 is 50.7. The molecule has 208 valence electrons. The van der Waals surface area contributed by atoms with Crippen LogP contribution in [0.2, 0.25) is 0 Å². The van der Waals surface area contributed by atoms with Crippen LogP contribution in [0.4, 0.5) is 23.7 Å². The van der Waals surface area contributed by atoms with E-state index in [-0.39, 0.29) is 23.8 Å². The molecule has 12 heteroatoms. The first kappa shape index (κ1) is 27.7. The number of rotatable bonds is 8. The Morgan fingerprint density at radius 3 is 2.39 bits per heavy atom. The van der Waals surface area contributed by atoms with Crippen molar-refractivity contribution in [3.8, 4) is 17.2 Å². The number of amides is 2. The van der Waals surface area contributed by atoms with Crippen molar-refractivity contribution in [2.75, 3.05) is 13.2 Å². The highest BCUT2D eigenvalue weighted by atomic mass is 32.2. The van der Waals surface area contributed by atoms with Crippen molar-refractivity contribution in [3.63, 3.8) is 0 Å². The Kier molecular flexibility index (Phi) is 7.66. The lowest BCUT2D eigenvalue weighted by Crippen LogP contribution is -2.32. The van der Waals surface area contributed by atoms with Gasteiger partial charge in [0.05, 0.1) is 21.9 Å². The molecule has 8 nitrogen and oxygen atoms in total. The van der Waals surface area contributed by atoms with Gasteiger partial charge in [0.1, 0.15) is 18.1 Å². The number of ether oxygens (including phenoxy) is 2. The summed E-state index contributed by atoms with van der Waals surface area (Å²) in [6.45, 7) is 0.0672. The lowest BCUT2D eigenvalue weighted by molar-refractivity contribution is -0.385.